The molecule has 4 rings (SSSR count). The zero-order valence-corrected chi connectivity index (χ0v) is 17.0. The summed E-state index contributed by atoms with van der Waals surface area (Å²) in [6.07, 6.45) is 6.09. The van der Waals surface area contributed by atoms with Crippen LogP contribution in [0, 0.1) is 29.4 Å². The molecule has 0 aromatic heterocycles. The first-order valence-corrected chi connectivity index (χ1v) is 11.1. The summed E-state index contributed by atoms with van der Waals surface area (Å²) in [6, 6.07) is 4.39. The molecule has 3 aliphatic rings. The molecule has 1 aromatic rings. The number of hydrogen-bond donors (Lipinski definition) is 1. The van der Waals surface area contributed by atoms with Gasteiger partial charge in [-0.15, -0.1) is 0 Å². The van der Waals surface area contributed by atoms with Crippen molar-refractivity contribution in [2.24, 2.45) is 17.8 Å². The highest BCUT2D eigenvalue weighted by molar-refractivity contribution is 5.79. The van der Waals surface area contributed by atoms with Crippen molar-refractivity contribution < 1.29 is 18.7 Å². The molecule has 4 nitrogen and oxygen atoms in total. The summed E-state index contributed by atoms with van der Waals surface area (Å²) in [5.41, 5.74) is 0.429. The third-order valence-electron chi connectivity index (χ3n) is 7.31. The fraction of sp³-hybridized carbons (Fsp3) is 0.696. The van der Waals surface area contributed by atoms with E-state index in [1.54, 1.807) is 12.1 Å². The van der Waals surface area contributed by atoms with Crippen molar-refractivity contribution in [3.8, 4) is 0 Å². The molecule has 1 aromatic carbocycles. The van der Waals surface area contributed by atoms with Crippen LogP contribution in [0.1, 0.15) is 50.5 Å². The van der Waals surface area contributed by atoms with Crippen LogP contribution >= 0.6 is 0 Å². The number of carbonyl (C=O) groups excluding carboxylic acids is 1. The number of rotatable bonds is 4. The number of likely N-dealkylation sites (tertiary alicyclic amines) is 2. The van der Waals surface area contributed by atoms with Crippen LogP contribution in [0.2, 0.25) is 0 Å². The van der Waals surface area contributed by atoms with Gasteiger partial charge in [0.05, 0.1) is 6.10 Å². The normalized spacial score (nSPS) is 29.3. The molecule has 29 heavy (non-hydrogen) atoms. The molecule has 3 fully saturated rings. The summed E-state index contributed by atoms with van der Waals surface area (Å²) in [4.78, 5) is 17.1. The Labute approximate surface area is 171 Å². The molecule has 1 aliphatic carbocycles. The molecule has 0 spiro atoms. The van der Waals surface area contributed by atoms with Crippen molar-refractivity contribution in [2.75, 3.05) is 26.2 Å². The lowest BCUT2D eigenvalue weighted by Gasteiger charge is -2.35. The van der Waals surface area contributed by atoms with Gasteiger partial charge in [0.15, 0.2) is 11.6 Å². The van der Waals surface area contributed by atoms with Gasteiger partial charge in [-0.25, -0.2) is 8.78 Å². The van der Waals surface area contributed by atoms with Gasteiger partial charge in [-0.05, 0) is 75.9 Å². The molecular formula is C23H32F2N2O2. The number of aliphatic hydroxyl groups is 1. The molecular weight excluding hydrogens is 374 g/mol. The Kier molecular flexibility index (Phi) is 6.50. The van der Waals surface area contributed by atoms with Gasteiger partial charge in [0.2, 0.25) is 5.91 Å². The molecule has 1 amide bonds. The predicted octanol–water partition coefficient (Wildman–Crippen LogP) is 3.58. The van der Waals surface area contributed by atoms with Gasteiger partial charge in [0, 0.05) is 31.1 Å². The van der Waals surface area contributed by atoms with E-state index in [4.69, 9.17) is 0 Å². The summed E-state index contributed by atoms with van der Waals surface area (Å²) in [5, 5.41) is 9.66. The van der Waals surface area contributed by atoms with E-state index in [-0.39, 0.29) is 12.0 Å². The second-order valence-electron chi connectivity index (χ2n) is 9.16. The topological polar surface area (TPSA) is 43.8 Å². The first-order valence-electron chi connectivity index (χ1n) is 11.1. The Bertz CT molecular complexity index is 713. The molecule has 160 valence electrons. The molecule has 0 bridgehead atoms. The third-order valence-corrected chi connectivity index (χ3v) is 7.31. The molecule has 1 unspecified atom stereocenters. The Morgan fingerprint density at radius 3 is 2.38 bits per heavy atom. The van der Waals surface area contributed by atoms with Gasteiger partial charge >= 0.3 is 0 Å². The summed E-state index contributed by atoms with van der Waals surface area (Å²) < 4.78 is 27.3. The number of halogens is 2. The van der Waals surface area contributed by atoms with Gasteiger partial charge < -0.3 is 10.0 Å². The first-order chi connectivity index (χ1) is 14.0. The average Bonchev–Trinajstić information content (AvgIpc) is 3.22. The summed E-state index contributed by atoms with van der Waals surface area (Å²) >= 11 is 0. The van der Waals surface area contributed by atoms with E-state index in [0.717, 1.165) is 77.2 Å². The van der Waals surface area contributed by atoms with Crippen LogP contribution in [0.4, 0.5) is 8.78 Å². The van der Waals surface area contributed by atoms with Crippen LogP contribution in [-0.2, 0) is 11.3 Å². The van der Waals surface area contributed by atoms with Crippen LogP contribution < -0.4 is 0 Å². The van der Waals surface area contributed by atoms with Crippen LogP contribution in [0.15, 0.2) is 18.2 Å². The zero-order valence-electron chi connectivity index (χ0n) is 17.0. The van der Waals surface area contributed by atoms with Crippen molar-refractivity contribution in [2.45, 2.75) is 57.6 Å². The van der Waals surface area contributed by atoms with Crippen LogP contribution in [0.5, 0.6) is 0 Å². The van der Waals surface area contributed by atoms with Crippen LogP contribution in [-0.4, -0.2) is 53.1 Å². The predicted molar refractivity (Wildman–Crippen MR) is 107 cm³/mol. The summed E-state index contributed by atoms with van der Waals surface area (Å²) in [7, 11) is 0. The molecule has 2 heterocycles. The van der Waals surface area contributed by atoms with Gasteiger partial charge in [0.25, 0.3) is 0 Å². The largest absolute Gasteiger partial charge is 0.393 e. The molecule has 1 N–H and O–H groups in total. The molecule has 6 heteroatoms. The van der Waals surface area contributed by atoms with Crippen molar-refractivity contribution in [1.82, 2.24) is 9.80 Å². The highest BCUT2D eigenvalue weighted by Gasteiger charge is 2.36. The minimum Gasteiger partial charge on any atom is -0.393 e. The van der Waals surface area contributed by atoms with E-state index < -0.39 is 11.6 Å². The standard InChI is InChI=1S/C23H32F2N2O2/c24-21-3-1-2-19(22(21)25)14-26-11-8-16(9-12-26)18-10-13-27(15-18)23(29)17-4-6-20(28)7-5-17/h1-3,16-18,20,28H,4-15H2. The molecule has 1 atom stereocenters. The Balaban J connectivity index is 1.24. The molecule has 1 saturated carbocycles. The number of benzene rings is 1. The number of carbonyl (C=O) groups is 1. The second kappa shape index (κ2) is 9.09. The van der Waals surface area contributed by atoms with E-state index in [2.05, 4.69) is 9.80 Å². The van der Waals surface area contributed by atoms with Crippen molar-refractivity contribution >= 4 is 5.91 Å². The number of amides is 1. The lowest BCUT2D eigenvalue weighted by molar-refractivity contribution is -0.136. The highest BCUT2D eigenvalue weighted by Crippen LogP contribution is 2.34. The number of nitrogens with zero attached hydrogens (tertiary/aromatic N) is 2. The van der Waals surface area contributed by atoms with Gasteiger partial charge in [-0.2, -0.15) is 0 Å². The Hall–Kier alpha value is -1.53. The van der Waals surface area contributed by atoms with Crippen LogP contribution in [0.25, 0.3) is 0 Å². The van der Waals surface area contributed by atoms with Crippen molar-refractivity contribution in [3.05, 3.63) is 35.4 Å². The third kappa shape index (κ3) is 4.80. The number of aliphatic hydroxyl groups excluding tert-OH is 1. The molecule has 2 saturated heterocycles. The van der Waals surface area contributed by atoms with Gasteiger partial charge in [-0.1, -0.05) is 12.1 Å². The molecule has 2 aliphatic heterocycles. The fourth-order valence-electron chi connectivity index (χ4n) is 5.45. The maximum atomic E-state index is 13.9. The number of piperidine rings is 1. The fourth-order valence-corrected chi connectivity index (χ4v) is 5.45. The number of hydrogen-bond acceptors (Lipinski definition) is 3. The lowest BCUT2D eigenvalue weighted by Crippen LogP contribution is -2.39. The first kappa shape index (κ1) is 20.7. The minimum atomic E-state index is -0.777. The van der Waals surface area contributed by atoms with E-state index in [1.165, 1.54) is 0 Å². The minimum absolute atomic E-state index is 0.0974. The van der Waals surface area contributed by atoms with Crippen molar-refractivity contribution in [1.29, 1.82) is 0 Å². The monoisotopic (exact) mass is 406 g/mol. The molecule has 0 radical (unpaired) electrons. The average molecular weight is 407 g/mol. The summed E-state index contributed by atoms with van der Waals surface area (Å²) in [5.74, 6) is 0.0460. The SMILES string of the molecule is O=C(C1CCC(O)CC1)N1CCC(C2CCN(Cc3cccc(F)c3F)CC2)C1. The highest BCUT2D eigenvalue weighted by atomic mass is 19.2. The van der Waals surface area contributed by atoms with Crippen molar-refractivity contribution in [3.63, 3.8) is 0 Å². The van der Waals surface area contributed by atoms with E-state index >= 15 is 0 Å². The second-order valence-corrected chi connectivity index (χ2v) is 9.16. The zero-order chi connectivity index (χ0) is 20.4. The maximum Gasteiger partial charge on any atom is 0.225 e. The van der Waals surface area contributed by atoms with E-state index in [9.17, 15) is 18.7 Å². The maximum absolute atomic E-state index is 13.9. The Morgan fingerprint density at radius 2 is 1.66 bits per heavy atom. The van der Waals surface area contributed by atoms with E-state index in [1.807, 2.05) is 0 Å². The smallest absolute Gasteiger partial charge is 0.225 e. The quantitative estimate of drug-likeness (QED) is 0.831. The van der Waals surface area contributed by atoms with Gasteiger partial charge in [-0.3, -0.25) is 9.69 Å². The van der Waals surface area contributed by atoms with Gasteiger partial charge in [0.1, 0.15) is 0 Å². The van der Waals surface area contributed by atoms with Crippen LogP contribution in [0.3, 0.4) is 0 Å². The lowest BCUT2D eigenvalue weighted by atomic mass is 9.83. The Morgan fingerprint density at radius 1 is 0.966 bits per heavy atom. The summed E-state index contributed by atoms with van der Waals surface area (Å²) in [6.45, 7) is 3.97. The van der Waals surface area contributed by atoms with E-state index in [0.29, 0.717) is 29.9 Å².